The molecule has 1 heterocycles. The molecule has 110 valence electrons. The predicted molar refractivity (Wildman–Crippen MR) is 71.0 cm³/mol. The number of carbonyl (C=O) groups excluding carboxylic acids is 1. The van der Waals surface area contributed by atoms with E-state index in [2.05, 4.69) is 0 Å². The van der Waals surface area contributed by atoms with E-state index >= 15 is 0 Å². The number of morpholine rings is 1. The van der Waals surface area contributed by atoms with Crippen LogP contribution in [0.15, 0.2) is 0 Å². The van der Waals surface area contributed by atoms with E-state index in [1.165, 1.54) is 0 Å². The molecular weight excluding hydrogens is 246 g/mol. The molecule has 1 unspecified atom stereocenters. The molecule has 1 saturated carbocycles. The second-order valence-electron chi connectivity index (χ2n) is 6.67. The van der Waals surface area contributed by atoms with Gasteiger partial charge in [-0.15, -0.1) is 0 Å². The van der Waals surface area contributed by atoms with Crippen LogP contribution in [0.1, 0.15) is 46.5 Å². The largest absolute Gasteiger partial charge is 0.444 e. The molecule has 2 aliphatic rings. The van der Waals surface area contributed by atoms with Gasteiger partial charge < -0.3 is 19.5 Å². The number of hydrogen-bond donors (Lipinski definition) is 1. The lowest BCUT2D eigenvalue weighted by Crippen LogP contribution is -2.50. The Morgan fingerprint density at radius 1 is 1.47 bits per heavy atom. The Morgan fingerprint density at radius 2 is 2.16 bits per heavy atom. The normalized spacial score (nSPS) is 26.1. The summed E-state index contributed by atoms with van der Waals surface area (Å²) in [6.07, 6.45) is 3.00. The highest BCUT2D eigenvalue weighted by atomic mass is 16.6. The second-order valence-corrected chi connectivity index (χ2v) is 6.67. The van der Waals surface area contributed by atoms with Crippen LogP contribution < -0.4 is 0 Å². The molecular formula is C14H25NO4. The van der Waals surface area contributed by atoms with E-state index in [1.54, 1.807) is 4.90 Å². The molecule has 1 aliphatic carbocycles. The molecule has 0 spiro atoms. The first-order valence-electron chi connectivity index (χ1n) is 7.09. The molecule has 0 aromatic rings. The zero-order chi connectivity index (χ0) is 14.1. The minimum atomic E-state index is -0.478. The third kappa shape index (κ3) is 4.35. The number of amides is 1. The Morgan fingerprint density at radius 3 is 2.74 bits per heavy atom. The molecule has 0 bridgehead atoms. The minimum Gasteiger partial charge on any atom is -0.444 e. The number of rotatable bonds is 3. The maximum absolute atomic E-state index is 12.1. The number of hydrogen-bond acceptors (Lipinski definition) is 4. The standard InChI is InChI=1S/C14H25NO4/c1-13(2,3)19-12(16)15-8-9-18-10-11(15)4-5-14(17)6-7-14/h11,17H,4-10H2,1-3H3. The average molecular weight is 271 g/mol. The van der Waals surface area contributed by atoms with Gasteiger partial charge >= 0.3 is 6.09 Å². The van der Waals surface area contributed by atoms with Gasteiger partial charge in [0.05, 0.1) is 24.9 Å². The van der Waals surface area contributed by atoms with Gasteiger partial charge in [-0.3, -0.25) is 0 Å². The molecule has 1 aliphatic heterocycles. The number of nitrogens with zero attached hydrogens (tertiary/aromatic N) is 1. The first kappa shape index (κ1) is 14.6. The van der Waals surface area contributed by atoms with Crippen molar-refractivity contribution >= 4 is 6.09 Å². The lowest BCUT2D eigenvalue weighted by Gasteiger charge is -2.37. The fraction of sp³-hybridized carbons (Fsp3) is 0.929. The zero-order valence-electron chi connectivity index (χ0n) is 12.1. The summed E-state index contributed by atoms with van der Waals surface area (Å²) in [5.74, 6) is 0. The minimum absolute atomic E-state index is 0.0215. The van der Waals surface area contributed by atoms with Gasteiger partial charge in [0, 0.05) is 6.54 Å². The highest BCUT2D eigenvalue weighted by Crippen LogP contribution is 2.40. The monoisotopic (exact) mass is 271 g/mol. The molecule has 0 aromatic heterocycles. The van der Waals surface area contributed by atoms with E-state index in [0.717, 1.165) is 25.7 Å². The van der Waals surface area contributed by atoms with Crippen LogP contribution in [0.25, 0.3) is 0 Å². The third-order valence-electron chi connectivity index (χ3n) is 3.63. The van der Waals surface area contributed by atoms with Crippen LogP contribution in [0.4, 0.5) is 4.79 Å². The van der Waals surface area contributed by atoms with Crippen LogP contribution in [0, 0.1) is 0 Å². The smallest absolute Gasteiger partial charge is 0.410 e. The number of ether oxygens (including phenoxy) is 2. The number of carbonyl (C=O) groups is 1. The van der Waals surface area contributed by atoms with E-state index in [4.69, 9.17) is 9.47 Å². The van der Waals surface area contributed by atoms with Crippen LogP contribution in [0.5, 0.6) is 0 Å². The lowest BCUT2D eigenvalue weighted by molar-refractivity contribution is -0.0373. The van der Waals surface area contributed by atoms with Crippen molar-refractivity contribution in [3.05, 3.63) is 0 Å². The van der Waals surface area contributed by atoms with Gasteiger partial charge in [-0.2, -0.15) is 0 Å². The van der Waals surface area contributed by atoms with E-state index in [-0.39, 0.29) is 12.1 Å². The average Bonchev–Trinajstić information content (AvgIpc) is 3.03. The molecule has 0 aromatic carbocycles. The summed E-state index contributed by atoms with van der Waals surface area (Å²) >= 11 is 0. The summed E-state index contributed by atoms with van der Waals surface area (Å²) in [6.45, 7) is 7.27. The molecule has 1 amide bonds. The van der Waals surface area contributed by atoms with Gasteiger partial charge in [0.2, 0.25) is 0 Å². The molecule has 1 saturated heterocycles. The highest BCUT2D eigenvalue weighted by molar-refractivity contribution is 5.68. The van der Waals surface area contributed by atoms with Crippen molar-refractivity contribution in [2.45, 2.75) is 63.7 Å². The Hall–Kier alpha value is -0.810. The van der Waals surface area contributed by atoms with Crippen molar-refractivity contribution in [2.24, 2.45) is 0 Å². The summed E-state index contributed by atoms with van der Waals surface area (Å²) in [5, 5.41) is 9.90. The molecule has 2 fully saturated rings. The molecule has 0 radical (unpaired) electrons. The fourth-order valence-electron chi connectivity index (χ4n) is 2.28. The third-order valence-corrected chi connectivity index (χ3v) is 3.63. The van der Waals surface area contributed by atoms with Crippen molar-refractivity contribution in [2.75, 3.05) is 19.8 Å². The quantitative estimate of drug-likeness (QED) is 0.852. The summed E-state index contributed by atoms with van der Waals surface area (Å²) in [7, 11) is 0. The van der Waals surface area contributed by atoms with Crippen molar-refractivity contribution in [3.63, 3.8) is 0 Å². The van der Waals surface area contributed by atoms with Gasteiger partial charge in [0.1, 0.15) is 5.60 Å². The van der Waals surface area contributed by atoms with Gasteiger partial charge in [-0.05, 0) is 46.5 Å². The molecule has 1 atom stereocenters. The van der Waals surface area contributed by atoms with E-state index in [0.29, 0.717) is 19.8 Å². The first-order valence-corrected chi connectivity index (χ1v) is 7.09. The van der Waals surface area contributed by atoms with Gasteiger partial charge in [-0.1, -0.05) is 0 Å². The maximum atomic E-state index is 12.1. The van der Waals surface area contributed by atoms with Crippen LogP contribution >= 0.6 is 0 Å². The van der Waals surface area contributed by atoms with Crippen molar-refractivity contribution < 1.29 is 19.4 Å². The van der Waals surface area contributed by atoms with Crippen LogP contribution in [0.2, 0.25) is 0 Å². The van der Waals surface area contributed by atoms with Crippen LogP contribution in [-0.4, -0.2) is 53.1 Å². The van der Waals surface area contributed by atoms with Gasteiger partial charge in [0.15, 0.2) is 0 Å². The van der Waals surface area contributed by atoms with E-state index < -0.39 is 11.2 Å². The maximum Gasteiger partial charge on any atom is 0.410 e. The molecule has 5 heteroatoms. The topological polar surface area (TPSA) is 59.0 Å². The van der Waals surface area contributed by atoms with E-state index in [1.807, 2.05) is 20.8 Å². The molecule has 2 rings (SSSR count). The Balaban J connectivity index is 1.89. The van der Waals surface area contributed by atoms with Crippen molar-refractivity contribution in [1.82, 2.24) is 4.90 Å². The number of aliphatic hydroxyl groups is 1. The van der Waals surface area contributed by atoms with E-state index in [9.17, 15) is 9.90 Å². The molecule has 1 N–H and O–H groups in total. The van der Waals surface area contributed by atoms with Crippen molar-refractivity contribution in [3.8, 4) is 0 Å². The lowest BCUT2D eigenvalue weighted by atomic mass is 10.1. The summed E-state index contributed by atoms with van der Waals surface area (Å²) in [6, 6.07) is 0.0215. The Labute approximate surface area is 114 Å². The Bertz CT molecular complexity index is 333. The molecule has 19 heavy (non-hydrogen) atoms. The highest BCUT2D eigenvalue weighted by Gasteiger charge is 2.41. The molecule has 5 nitrogen and oxygen atoms in total. The summed E-state index contributed by atoms with van der Waals surface area (Å²) < 4.78 is 10.9. The summed E-state index contributed by atoms with van der Waals surface area (Å²) in [5.41, 5.74) is -0.953. The van der Waals surface area contributed by atoms with Crippen LogP contribution in [0.3, 0.4) is 0 Å². The predicted octanol–water partition coefficient (Wildman–Crippen LogP) is 1.93. The Kier molecular flexibility index (Phi) is 4.06. The summed E-state index contributed by atoms with van der Waals surface area (Å²) in [4.78, 5) is 13.9. The SMILES string of the molecule is CC(C)(C)OC(=O)N1CCOCC1CCC1(O)CC1. The van der Waals surface area contributed by atoms with Crippen molar-refractivity contribution in [1.29, 1.82) is 0 Å². The first-order chi connectivity index (χ1) is 8.79. The second kappa shape index (κ2) is 5.29. The zero-order valence-corrected chi connectivity index (χ0v) is 12.1. The fourth-order valence-corrected chi connectivity index (χ4v) is 2.28. The van der Waals surface area contributed by atoms with Crippen LogP contribution in [-0.2, 0) is 9.47 Å². The van der Waals surface area contributed by atoms with Gasteiger partial charge in [0.25, 0.3) is 0 Å². The van der Waals surface area contributed by atoms with Gasteiger partial charge in [-0.25, -0.2) is 4.79 Å².